The Morgan fingerprint density at radius 1 is 1.29 bits per heavy atom. The first kappa shape index (κ1) is 17.0. The van der Waals surface area contributed by atoms with Crippen LogP contribution in [0.3, 0.4) is 0 Å². The molecule has 5 nitrogen and oxygen atoms in total. The molecule has 1 aromatic carbocycles. The van der Waals surface area contributed by atoms with Crippen molar-refractivity contribution in [2.75, 3.05) is 18.0 Å². The molecule has 2 aliphatic rings. The van der Waals surface area contributed by atoms with E-state index in [9.17, 15) is 9.59 Å². The molecule has 1 aliphatic carbocycles. The molecule has 1 aromatic rings. The lowest BCUT2D eigenvalue weighted by Crippen LogP contribution is -2.45. The third kappa shape index (κ3) is 3.31. The summed E-state index contributed by atoms with van der Waals surface area (Å²) in [6.07, 6.45) is 2.56. The second kappa shape index (κ2) is 6.55. The fourth-order valence-electron chi connectivity index (χ4n) is 3.87. The molecule has 0 aromatic heterocycles. The molecular formula is C19H27N3O2. The van der Waals surface area contributed by atoms with Crippen LogP contribution < -0.4 is 16.0 Å². The van der Waals surface area contributed by atoms with Crippen molar-refractivity contribution in [1.82, 2.24) is 5.32 Å². The van der Waals surface area contributed by atoms with Gasteiger partial charge in [0.25, 0.3) is 0 Å². The Hall–Kier alpha value is -1.88. The fourth-order valence-corrected chi connectivity index (χ4v) is 3.87. The van der Waals surface area contributed by atoms with Crippen molar-refractivity contribution < 1.29 is 9.59 Å². The van der Waals surface area contributed by atoms with Gasteiger partial charge >= 0.3 is 0 Å². The van der Waals surface area contributed by atoms with Crippen LogP contribution in [0.15, 0.2) is 12.1 Å². The van der Waals surface area contributed by atoms with Gasteiger partial charge in [-0.15, -0.1) is 0 Å². The first-order valence-electron chi connectivity index (χ1n) is 8.79. The number of carbonyl (C=O) groups excluding carboxylic acids is 2. The highest BCUT2D eigenvalue weighted by atomic mass is 16.2. The number of aryl methyl sites for hydroxylation is 3. The van der Waals surface area contributed by atoms with Crippen LogP contribution in [0.25, 0.3) is 0 Å². The normalized spacial score (nSPS) is 21.9. The largest absolute Gasteiger partial charge is 0.352 e. The molecule has 2 fully saturated rings. The Balaban J connectivity index is 1.73. The van der Waals surface area contributed by atoms with Crippen molar-refractivity contribution in [3.63, 3.8) is 0 Å². The summed E-state index contributed by atoms with van der Waals surface area (Å²) in [5.74, 6) is 0.232. The summed E-state index contributed by atoms with van der Waals surface area (Å²) >= 11 is 0. The van der Waals surface area contributed by atoms with Crippen LogP contribution in [0.1, 0.15) is 36.0 Å². The Morgan fingerprint density at radius 3 is 2.46 bits per heavy atom. The lowest BCUT2D eigenvalue weighted by molar-refractivity contribution is -0.127. The monoisotopic (exact) mass is 329 g/mol. The van der Waals surface area contributed by atoms with Crippen molar-refractivity contribution in [2.45, 2.75) is 46.1 Å². The molecule has 1 saturated carbocycles. The van der Waals surface area contributed by atoms with Crippen LogP contribution in [0, 0.1) is 32.6 Å². The first-order chi connectivity index (χ1) is 11.4. The summed E-state index contributed by atoms with van der Waals surface area (Å²) in [5.41, 5.74) is 10.1. The number of anilines is 1. The number of rotatable bonds is 5. The maximum atomic E-state index is 12.5. The van der Waals surface area contributed by atoms with E-state index < -0.39 is 0 Å². The number of carbonyl (C=O) groups is 2. The van der Waals surface area contributed by atoms with Gasteiger partial charge in [-0.05, 0) is 50.7 Å². The van der Waals surface area contributed by atoms with Gasteiger partial charge in [-0.1, -0.05) is 17.7 Å². The molecular weight excluding hydrogens is 302 g/mol. The van der Waals surface area contributed by atoms with Crippen molar-refractivity contribution in [1.29, 1.82) is 0 Å². The van der Waals surface area contributed by atoms with E-state index in [1.807, 2.05) is 13.8 Å². The predicted molar refractivity (Wildman–Crippen MR) is 94.8 cm³/mol. The summed E-state index contributed by atoms with van der Waals surface area (Å²) in [4.78, 5) is 26.8. The van der Waals surface area contributed by atoms with Crippen LogP contribution in [0.2, 0.25) is 0 Å². The lowest BCUT2D eigenvalue weighted by Gasteiger charge is -2.23. The van der Waals surface area contributed by atoms with Gasteiger partial charge in [-0.25, -0.2) is 0 Å². The topological polar surface area (TPSA) is 75.4 Å². The summed E-state index contributed by atoms with van der Waals surface area (Å²) in [7, 11) is 0. The number of nitrogens with zero attached hydrogens (tertiary/aromatic N) is 1. The van der Waals surface area contributed by atoms with E-state index in [2.05, 4.69) is 24.4 Å². The highest BCUT2D eigenvalue weighted by Gasteiger charge is 2.38. The summed E-state index contributed by atoms with van der Waals surface area (Å²) in [6.45, 7) is 7.02. The highest BCUT2D eigenvalue weighted by molar-refractivity contribution is 6.01. The molecule has 5 heteroatoms. The van der Waals surface area contributed by atoms with Gasteiger partial charge in [0.1, 0.15) is 0 Å². The molecule has 1 heterocycles. The number of benzene rings is 1. The molecule has 2 unspecified atom stereocenters. The van der Waals surface area contributed by atoms with E-state index in [-0.39, 0.29) is 30.2 Å². The maximum Gasteiger partial charge on any atom is 0.227 e. The summed E-state index contributed by atoms with van der Waals surface area (Å²) in [6, 6.07) is 4.23. The highest BCUT2D eigenvalue weighted by Crippen LogP contribution is 2.34. The number of amides is 2. The number of hydrogen-bond donors (Lipinski definition) is 2. The molecule has 0 bridgehead atoms. The van der Waals surface area contributed by atoms with Crippen molar-refractivity contribution in [3.05, 3.63) is 28.8 Å². The minimum atomic E-state index is -0.287. The quantitative estimate of drug-likeness (QED) is 0.865. The second-order valence-corrected chi connectivity index (χ2v) is 7.34. The first-order valence-corrected chi connectivity index (χ1v) is 8.79. The van der Waals surface area contributed by atoms with E-state index in [0.717, 1.165) is 29.7 Å². The SMILES string of the molecule is Cc1cc(C)c(N2CC(C(=O)NC(CN)C3CC3)CC2=O)c(C)c1. The molecule has 1 saturated heterocycles. The average molecular weight is 329 g/mol. The fraction of sp³-hybridized carbons (Fsp3) is 0.579. The Morgan fingerprint density at radius 2 is 1.92 bits per heavy atom. The van der Waals surface area contributed by atoms with Gasteiger partial charge in [-0.3, -0.25) is 9.59 Å². The minimum Gasteiger partial charge on any atom is -0.352 e. The van der Waals surface area contributed by atoms with Gasteiger partial charge in [0, 0.05) is 31.2 Å². The third-order valence-corrected chi connectivity index (χ3v) is 5.17. The molecule has 2 atom stereocenters. The van der Waals surface area contributed by atoms with Crippen LogP contribution in [0.4, 0.5) is 5.69 Å². The Labute approximate surface area is 143 Å². The van der Waals surface area contributed by atoms with Crippen molar-refractivity contribution >= 4 is 17.5 Å². The molecule has 2 amide bonds. The van der Waals surface area contributed by atoms with E-state index in [0.29, 0.717) is 19.0 Å². The van der Waals surface area contributed by atoms with Crippen molar-refractivity contribution in [2.24, 2.45) is 17.6 Å². The summed E-state index contributed by atoms with van der Waals surface area (Å²) in [5, 5.41) is 3.06. The molecule has 0 spiro atoms. The maximum absolute atomic E-state index is 12.5. The molecule has 3 rings (SSSR count). The Kier molecular flexibility index (Phi) is 4.63. The predicted octanol–water partition coefficient (Wildman–Crippen LogP) is 1.82. The van der Waals surface area contributed by atoms with E-state index >= 15 is 0 Å². The van der Waals surface area contributed by atoms with E-state index in [4.69, 9.17) is 5.73 Å². The van der Waals surface area contributed by atoms with Crippen LogP contribution >= 0.6 is 0 Å². The van der Waals surface area contributed by atoms with Crippen LogP contribution in [0.5, 0.6) is 0 Å². The Bertz CT molecular complexity index is 644. The zero-order valence-electron chi connectivity index (χ0n) is 14.8. The second-order valence-electron chi connectivity index (χ2n) is 7.34. The van der Waals surface area contributed by atoms with Gasteiger partial charge in [0.15, 0.2) is 0 Å². The van der Waals surface area contributed by atoms with Gasteiger partial charge in [-0.2, -0.15) is 0 Å². The zero-order chi connectivity index (χ0) is 17.4. The van der Waals surface area contributed by atoms with Crippen molar-refractivity contribution in [3.8, 4) is 0 Å². The third-order valence-electron chi connectivity index (χ3n) is 5.17. The lowest BCUT2D eigenvalue weighted by atomic mass is 10.0. The molecule has 3 N–H and O–H groups in total. The smallest absolute Gasteiger partial charge is 0.227 e. The van der Waals surface area contributed by atoms with E-state index in [1.165, 1.54) is 5.56 Å². The molecule has 1 aliphatic heterocycles. The summed E-state index contributed by atoms with van der Waals surface area (Å²) < 4.78 is 0. The minimum absolute atomic E-state index is 0.0286. The average Bonchev–Trinajstić information content (AvgIpc) is 3.28. The number of nitrogens with one attached hydrogen (secondary N) is 1. The van der Waals surface area contributed by atoms with Gasteiger partial charge < -0.3 is 16.0 Å². The van der Waals surface area contributed by atoms with E-state index in [1.54, 1.807) is 4.90 Å². The van der Waals surface area contributed by atoms with Gasteiger partial charge in [0.2, 0.25) is 11.8 Å². The number of nitrogens with two attached hydrogens (primary N) is 1. The standard InChI is InChI=1S/C19H27N3O2/c1-11-6-12(2)18(13(3)7-11)22-10-15(8-17(22)23)19(24)21-16(9-20)14-4-5-14/h6-7,14-16H,4-5,8-10,20H2,1-3H3,(H,21,24). The zero-order valence-corrected chi connectivity index (χ0v) is 14.8. The van der Waals surface area contributed by atoms with Gasteiger partial charge in [0.05, 0.1) is 5.92 Å². The molecule has 130 valence electrons. The molecule has 0 radical (unpaired) electrons. The van der Waals surface area contributed by atoms with Crippen LogP contribution in [-0.2, 0) is 9.59 Å². The number of hydrogen-bond acceptors (Lipinski definition) is 3. The molecule has 24 heavy (non-hydrogen) atoms. The van der Waals surface area contributed by atoms with Crippen LogP contribution in [-0.4, -0.2) is 30.9 Å².